The van der Waals surface area contributed by atoms with Crippen LogP contribution in [0.15, 0.2) is 82.5 Å². The quantitative estimate of drug-likeness (QED) is 0.391. The van der Waals surface area contributed by atoms with E-state index < -0.39 is 0 Å². The first kappa shape index (κ1) is 20.3. The van der Waals surface area contributed by atoms with Gasteiger partial charge in [0, 0.05) is 27.2 Å². The lowest BCUT2D eigenvalue weighted by Gasteiger charge is -2.30. The molecule has 3 nitrogen and oxygen atoms in total. The number of para-hydroxylation sites is 2. The second kappa shape index (κ2) is 8.18. The van der Waals surface area contributed by atoms with Crippen LogP contribution in [-0.2, 0) is 4.79 Å². The van der Waals surface area contributed by atoms with E-state index in [1.165, 1.54) is 5.56 Å². The van der Waals surface area contributed by atoms with Crippen LogP contribution in [0.5, 0.6) is 0 Å². The van der Waals surface area contributed by atoms with Crippen LogP contribution in [0, 0.1) is 6.92 Å². The van der Waals surface area contributed by atoms with Gasteiger partial charge in [-0.3, -0.25) is 4.79 Å². The van der Waals surface area contributed by atoms with E-state index >= 15 is 0 Å². The van der Waals surface area contributed by atoms with Crippen LogP contribution >= 0.6 is 27.5 Å². The Morgan fingerprint density at radius 1 is 0.968 bits per heavy atom. The number of hydrogen-bond donors (Lipinski definition) is 2. The molecular weight excluding hydrogens is 472 g/mol. The number of anilines is 2. The Labute approximate surface area is 195 Å². The van der Waals surface area contributed by atoms with Crippen LogP contribution in [0.1, 0.15) is 41.5 Å². The summed E-state index contributed by atoms with van der Waals surface area (Å²) in [4.78, 5) is 13.6. The van der Waals surface area contributed by atoms with E-state index in [-0.39, 0.29) is 17.7 Å². The fraction of sp³-hybridized carbons (Fsp3) is 0.192. The van der Waals surface area contributed by atoms with Crippen molar-refractivity contribution in [3.8, 4) is 0 Å². The Hall–Kier alpha value is -2.56. The molecule has 1 aliphatic heterocycles. The molecule has 0 saturated heterocycles. The van der Waals surface area contributed by atoms with Crippen LogP contribution in [0.4, 0.5) is 11.4 Å². The van der Waals surface area contributed by atoms with Crippen LogP contribution < -0.4 is 10.6 Å². The molecule has 0 aromatic heterocycles. The SMILES string of the molecule is Cc1ccc(C2Nc3ccccc3NC3=C2C(=O)CC(c2ccccc2Cl)C3)cc1Br. The largest absolute Gasteiger partial charge is 0.372 e. The van der Waals surface area contributed by atoms with Gasteiger partial charge in [-0.15, -0.1) is 0 Å². The van der Waals surface area contributed by atoms with Gasteiger partial charge in [0.05, 0.1) is 17.4 Å². The molecule has 0 fully saturated rings. The van der Waals surface area contributed by atoms with Gasteiger partial charge in [0.1, 0.15) is 0 Å². The zero-order valence-electron chi connectivity index (χ0n) is 17.1. The Morgan fingerprint density at radius 3 is 2.48 bits per heavy atom. The van der Waals surface area contributed by atoms with E-state index in [1.54, 1.807) is 0 Å². The van der Waals surface area contributed by atoms with Gasteiger partial charge in [0.2, 0.25) is 0 Å². The highest BCUT2D eigenvalue weighted by atomic mass is 79.9. The van der Waals surface area contributed by atoms with Crippen molar-refractivity contribution in [2.24, 2.45) is 0 Å². The Kier molecular flexibility index (Phi) is 5.37. The molecule has 31 heavy (non-hydrogen) atoms. The van der Waals surface area contributed by atoms with Gasteiger partial charge in [0.25, 0.3) is 0 Å². The lowest BCUT2D eigenvalue weighted by atomic mass is 9.78. The topological polar surface area (TPSA) is 41.1 Å². The first-order chi connectivity index (χ1) is 15.0. The minimum absolute atomic E-state index is 0.0584. The number of carbonyl (C=O) groups excluding carboxylic acids is 1. The molecular formula is C26H22BrClN2O. The molecule has 0 bridgehead atoms. The van der Waals surface area contributed by atoms with Crippen LogP contribution in [0.2, 0.25) is 5.02 Å². The molecule has 0 amide bonds. The third-order valence-corrected chi connectivity index (χ3v) is 7.38. The van der Waals surface area contributed by atoms with Crippen molar-refractivity contribution in [1.29, 1.82) is 0 Å². The van der Waals surface area contributed by atoms with Crippen molar-refractivity contribution in [1.82, 2.24) is 0 Å². The average molecular weight is 494 g/mol. The molecule has 0 radical (unpaired) electrons. The lowest BCUT2D eigenvalue weighted by Crippen LogP contribution is -2.27. The number of carbonyl (C=O) groups is 1. The highest BCUT2D eigenvalue weighted by molar-refractivity contribution is 9.10. The van der Waals surface area contributed by atoms with E-state index in [0.717, 1.165) is 49.7 Å². The maximum Gasteiger partial charge on any atom is 0.163 e. The average Bonchev–Trinajstić information content (AvgIpc) is 2.93. The highest BCUT2D eigenvalue weighted by Crippen LogP contribution is 2.45. The number of Topliss-reactive ketones (excluding diaryl/α,β-unsaturated/α-hetero) is 1. The molecule has 2 atom stereocenters. The summed E-state index contributed by atoms with van der Waals surface area (Å²) in [6, 6.07) is 22.0. The number of nitrogens with one attached hydrogen (secondary N) is 2. The summed E-state index contributed by atoms with van der Waals surface area (Å²) in [7, 11) is 0. The number of ketones is 1. The Bertz CT molecular complexity index is 1220. The number of aryl methyl sites for hydroxylation is 1. The summed E-state index contributed by atoms with van der Waals surface area (Å²) in [5.74, 6) is 0.212. The van der Waals surface area contributed by atoms with Gasteiger partial charge in [-0.1, -0.05) is 70.0 Å². The standard InChI is InChI=1S/C26H22BrClN2O/c1-15-10-11-16(12-19(15)27)26-25-23(29-21-8-4-5-9-22(21)30-26)13-17(14-24(25)31)18-6-2-3-7-20(18)28/h2-12,17,26,29-30H,13-14H2,1H3. The molecule has 2 aliphatic rings. The smallest absolute Gasteiger partial charge is 0.163 e. The van der Waals surface area contributed by atoms with Crippen LogP contribution in [-0.4, -0.2) is 5.78 Å². The molecule has 0 spiro atoms. The van der Waals surface area contributed by atoms with E-state index in [2.05, 4.69) is 51.7 Å². The summed E-state index contributed by atoms with van der Waals surface area (Å²) in [6.45, 7) is 2.07. The predicted molar refractivity (Wildman–Crippen MR) is 131 cm³/mol. The van der Waals surface area contributed by atoms with Crippen molar-refractivity contribution < 1.29 is 4.79 Å². The summed E-state index contributed by atoms with van der Waals surface area (Å²) < 4.78 is 1.04. The molecule has 3 aromatic rings. The summed E-state index contributed by atoms with van der Waals surface area (Å²) in [5.41, 5.74) is 7.02. The molecule has 1 aliphatic carbocycles. The maximum absolute atomic E-state index is 13.6. The summed E-state index contributed by atoms with van der Waals surface area (Å²) in [5, 5.41) is 7.93. The van der Waals surface area contributed by atoms with Crippen molar-refractivity contribution in [3.05, 3.63) is 104 Å². The van der Waals surface area contributed by atoms with E-state index in [9.17, 15) is 4.79 Å². The first-order valence-corrected chi connectivity index (χ1v) is 11.6. The fourth-order valence-corrected chi connectivity index (χ4v) is 5.24. The zero-order chi connectivity index (χ0) is 21.5. The third-order valence-electron chi connectivity index (χ3n) is 6.18. The van der Waals surface area contributed by atoms with Gasteiger partial charge < -0.3 is 10.6 Å². The van der Waals surface area contributed by atoms with Crippen LogP contribution in [0.3, 0.4) is 0 Å². The molecule has 5 rings (SSSR count). The van der Waals surface area contributed by atoms with Crippen molar-refractivity contribution in [3.63, 3.8) is 0 Å². The second-order valence-corrected chi connectivity index (χ2v) is 9.46. The number of fused-ring (bicyclic) bond motifs is 1. The van der Waals surface area contributed by atoms with Crippen molar-refractivity contribution in [2.75, 3.05) is 10.6 Å². The minimum atomic E-state index is -0.220. The molecule has 3 aromatic carbocycles. The predicted octanol–water partition coefficient (Wildman–Crippen LogP) is 7.39. The third kappa shape index (κ3) is 3.79. The number of rotatable bonds is 2. The van der Waals surface area contributed by atoms with Gasteiger partial charge in [-0.05, 0) is 60.2 Å². The molecule has 2 N–H and O–H groups in total. The van der Waals surface area contributed by atoms with E-state index in [0.29, 0.717) is 6.42 Å². The highest BCUT2D eigenvalue weighted by Gasteiger charge is 2.36. The maximum atomic E-state index is 13.6. The Morgan fingerprint density at radius 2 is 1.71 bits per heavy atom. The minimum Gasteiger partial charge on any atom is -0.372 e. The van der Waals surface area contributed by atoms with Crippen molar-refractivity contribution in [2.45, 2.75) is 31.7 Å². The molecule has 1 heterocycles. The molecule has 2 unspecified atom stereocenters. The number of benzene rings is 3. The normalized spacial score (nSPS) is 20.3. The second-order valence-electron chi connectivity index (χ2n) is 8.20. The summed E-state index contributed by atoms with van der Waals surface area (Å²) >= 11 is 10.1. The van der Waals surface area contributed by atoms with Crippen molar-refractivity contribution >= 4 is 44.7 Å². The summed E-state index contributed by atoms with van der Waals surface area (Å²) in [6.07, 6.45) is 1.19. The monoisotopic (exact) mass is 492 g/mol. The fourth-order valence-electron chi connectivity index (χ4n) is 4.56. The van der Waals surface area contributed by atoms with Gasteiger partial charge in [-0.25, -0.2) is 0 Å². The number of hydrogen-bond acceptors (Lipinski definition) is 3. The van der Waals surface area contributed by atoms with Gasteiger partial charge in [-0.2, -0.15) is 0 Å². The lowest BCUT2D eigenvalue weighted by molar-refractivity contribution is -0.116. The van der Waals surface area contributed by atoms with Crippen LogP contribution in [0.25, 0.3) is 0 Å². The molecule has 5 heteroatoms. The number of halogens is 2. The Balaban J connectivity index is 1.63. The number of allylic oxidation sites excluding steroid dienone is 1. The van der Waals surface area contributed by atoms with Gasteiger partial charge >= 0.3 is 0 Å². The first-order valence-electron chi connectivity index (χ1n) is 10.4. The van der Waals surface area contributed by atoms with Gasteiger partial charge in [0.15, 0.2) is 5.78 Å². The zero-order valence-corrected chi connectivity index (χ0v) is 19.4. The molecule has 0 saturated carbocycles. The van der Waals surface area contributed by atoms with E-state index in [4.69, 9.17) is 11.6 Å². The molecule has 156 valence electrons. The van der Waals surface area contributed by atoms with E-state index in [1.807, 2.05) is 48.5 Å².